The first-order valence-corrected chi connectivity index (χ1v) is 5.93. The molecular formula is C14H13FN2O2. The Balaban J connectivity index is 2.14. The molecule has 0 spiro atoms. The highest BCUT2D eigenvalue weighted by molar-refractivity contribution is 5.97. The van der Waals surface area contributed by atoms with Crippen LogP contribution in [0.1, 0.15) is 23.0 Å². The predicted molar refractivity (Wildman–Crippen MR) is 67.6 cm³/mol. The zero-order chi connectivity index (χ0) is 13.7. The first-order chi connectivity index (χ1) is 9.20. The standard InChI is InChI=1S/C14H13FN2O2/c1-2-19-14-6-5-10(8-12(14)15)13(18)9-11-4-3-7-16-17-11/h3-8H,2,9H2,1H3. The number of rotatable bonds is 5. The van der Waals surface area contributed by atoms with Crippen molar-refractivity contribution < 1.29 is 13.9 Å². The van der Waals surface area contributed by atoms with Gasteiger partial charge in [-0.1, -0.05) is 0 Å². The molecule has 0 radical (unpaired) electrons. The van der Waals surface area contributed by atoms with E-state index in [1.54, 1.807) is 25.1 Å². The molecule has 0 unspecified atom stereocenters. The number of nitrogens with zero attached hydrogens (tertiary/aromatic N) is 2. The summed E-state index contributed by atoms with van der Waals surface area (Å²) in [6, 6.07) is 7.60. The van der Waals surface area contributed by atoms with Gasteiger partial charge in [0.25, 0.3) is 0 Å². The zero-order valence-corrected chi connectivity index (χ0v) is 10.5. The quantitative estimate of drug-likeness (QED) is 0.775. The molecule has 0 aliphatic heterocycles. The molecule has 0 N–H and O–H groups in total. The molecule has 0 amide bonds. The monoisotopic (exact) mass is 260 g/mol. The van der Waals surface area contributed by atoms with E-state index in [-0.39, 0.29) is 18.0 Å². The van der Waals surface area contributed by atoms with Crippen LogP contribution in [0.2, 0.25) is 0 Å². The highest BCUT2D eigenvalue weighted by Crippen LogP contribution is 2.19. The number of aromatic nitrogens is 2. The van der Waals surface area contributed by atoms with Crippen molar-refractivity contribution in [2.45, 2.75) is 13.3 Å². The molecule has 5 heteroatoms. The smallest absolute Gasteiger partial charge is 0.168 e. The van der Waals surface area contributed by atoms with Crippen LogP contribution in [0.25, 0.3) is 0 Å². The Morgan fingerprint density at radius 1 is 1.37 bits per heavy atom. The van der Waals surface area contributed by atoms with E-state index in [1.165, 1.54) is 18.3 Å². The fourth-order valence-electron chi connectivity index (χ4n) is 1.64. The van der Waals surface area contributed by atoms with Crippen molar-refractivity contribution in [1.82, 2.24) is 10.2 Å². The lowest BCUT2D eigenvalue weighted by Crippen LogP contribution is -2.06. The summed E-state index contributed by atoms with van der Waals surface area (Å²) in [5.41, 5.74) is 0.855. The van der Waals surface area contributed by atoms with Gasteiger partial charge in [-0.3, -0.25) is 4.79 Å². The maximum atomic E-state index is 13.6. The molecule has 19 heavy (non-hydrogen) atoms. The summed E-state index contributed by atoms with van der Waals surface area (Å²) in [4.78, 5) is 12.0. The summed E-state index contributed by atoms with van der Waals surface area (Å²) in [7, 11) is 0. The first kappa shape index (κ1) is 13.1. The molecule has 1 aromatic carbocycles. The Morgan fingerprint density at radius 2 is 2.21 bits per heavy atom. The minimum atomic E-state index is -0.535. The van der Waals surface area contributed by atoms with E-state index >= 15 is 0 Å². The lowest BCUT2D eigenvalue weighted by atomic mass is 10.1. The predicted octanol–water partition coefficient (Wildman–Crippen LogP) is 2.44. The third kappa shape index (κ3) is 3.34. The number of carbonyl (C=O) groups excluding carboxylic acids is 1. The summed E-state index contributed by atoms with van der Waals surface area (Å²) < 4.78 is 18.7. The second-order valence-electron chi connectivity index (χ2n) is 3.89. The molecule has 4 nitrogen and oxygen atoms in total. The number of halogens is 1. The van der Waals surface area contributed by atoms with Crippen molar-refractivity contribution in [3.8, 4) is 5.75 Å². The second kappa shape index (κ2) is 6.04. The van der Waals surface area contributed by atoms with Crippen molar-refractivity contribution in [3.63, 3.8) is 0 Å². The number of hydrogen-bond acceptors (Lipinski definition) is 4. The molecule has 0 aliphatic carbocycles. The highest BCUT2D eigenvalue weighted by atomic mass is 19.1. The number of carbonyl (C=O) groups is 1. The number of ketones is 1. The molecule has 0 saturated carbocycles. The van der Waals surface area contributed by atoms with E-state index in [9.17, 15) is 9.18 Å². The van der Waals surface area contributed by atoms with Crippen LogP contribution < -0.4 is 4.74 Å². The molecular weight excluding hydrogens is 247 g/mol. The van der Waals surface area contributed by atoms with Crippen LogP contribution in [0.3, 0.4) is 0 Å². The van der Waals surface area contributed by atoms with Gasteiger partial charge in [0.15, 0.2) is 17.3 Å². The van der Waals surface area contributed by atoms with Crippen LogP contribution in [0.15, 0.2) is 36.5 Å². The van der Waals surface area contributed by atoms with E-state index < -0.39 is 5.82 Å². The number of ether oxygens (including phenoxy) is 1. The van der Waals surface area contributed by atoms with Gasteiger partial charge in [0.05, 0.1) is 18.7 Å². The van der Waals surface area contributed by atoms with Crippen LogP contribution in [-0.4, -0.2) is 22.6 Å². The number of Topliss-reactive ketones (excluding diaryl/α,β-unsaturated/α-hetero) is 1. The van der Waals surface area contributed by atoms with E-state index in [2.05, 4.69) is 10.2 Å². The Labute approximate surface area is 110 Å². The SMILES string of the molecule is CCOc1ccc(C(=O)Cc2cccnn2)cc1F. The molecule has 0 atom stereocenters. The van der Waals surface area contributed by atoms with Crippen LogP contribution in [0.4, 0.5) is 4.39 Å². The summed E-state index contributed by atoms with van der Waals surface area (Å²) in [6.45, 7) is 2.15. The molecule has 1 aromatic heterocycles. The minimum absolute atomic E-state index is 0.0985. The zero-order valence-electron chi connectivity index (χ0n) is 10.5. The Bertz CT molecular complexity index is 573. The summed E-state index contributed by atoms with van der Waals surface area (Å²) >= 11 is 0. The molecule has 0 fully saturated rings. The van der Waals surface area contributed by atoms with Crippen LogP contribution in [0, 0.1) is 5.82 Å². The number of benzene rings is 1. The molecule has 0 aliphatic rings. The third-order valence-electron chi connectivity index (χ3n) is 2.52. The lowest BCUT2D eigenvalue weighted by Gasteiger charge is -2.06. The molecule has 2 rings (SSSR count). The maximum Gasteiger partial charge on any atom is 0.168 e. The van der Waals surface area contributed by atoms with E-state index in [0.717, 1.165) is 0 Å². The topological polar surface area (TPSA) is 52.1 Å². The van der Waals surface area contributed by atoms with Gasteiger partial charge in [0.1, 0.15) is 0 Å². The first-order valence-electron chi connectivity index (χ1n) is 5.93. The van der Waals surface area contributed by atoms with Crippen LogP contribution in [-0.2, 0) is 6.42 Å². The lowest BCUT2D eigenvalue weighted by molar-refractivity contribution is 0.0991. The van der Waals surface area contributed by atoms with Crippen molar-refractivity contribution in [2.24, 2.45) is 0 Å². The van der Waals surface area contributed by atoms with Gasteiger partial charge in [0.2, 0.25) is 0 Å². The van der Waals surface area contributed by atoms with Gasteiger partial charge in [-0.2, -0.15) is 10.2 Å². The largest absolute Gasteiger partial charge is 0.491 e. The van der Waals surface area contributed by atoms with Gasteiger partial charge in [-0.25, -0.2) is 4.39 Å². The van der Waals surface area contributed by atoms with Crippen LogP contribution in [0.5, 0.6) is 5.75 Å². The number of hydrogen-bond donors (Lipinski definition) is 0. The van der Waals surface area contributed by atoms with Crippen molar-refractivity contribution >= 4 is 5.78 Å². The van der Waals surface area contributed by atoms with Gasteiger partial charge < -0.3 is 4.74 Å². The summed E-state index contributed by atoms with van der Waals surface area (Å²) in [6.07, 6.45) is 1.63. The van der Waals surface area contributed by atoms with Gasteiger partial charge in [-0.05, 0) is 37.3 Å². The van der Waals surface area contributed by atoms with Crippen molar-refractivity contribution in [1.29, 1.82) is 0 Å². The van der Waals surface area contributed by atoms with Crippen LogP contribution >= 0.6 is 0 Å². The van der Waals surface area contributed by atoms with Gasteiger partial charge in [0, 0.05) is 11.8 Å². The van der Waals surface area contributed by atoms with E-state index in [1.807, 2.05) is 0 Å². The normalized spacial score (nSPS) is 10.2. The van der Waals surface area contributed by atoms with E-state index in [4.69, 9.17) is 4.74 Å². The van der Waals surface area contributed by atoms with Gasteiger partial charge in [-0.15, -0.1) is 0 Å². The molecule has 0 saturated heterocycles. The fraction of sp³-hybridized carbons (Fsp3) is 0.214. The highest BCUT2D eigenvalue weighted by Gasteiger charge is 2.11. The summed E-state index contributed by atoms with van der Waals surface area (Å²) in [5, 5.41) is 7.52. The molecule has 0 bridgehead atoms. The average Bonchev–Trinajstić information content (AvgIpc) is 2.42. The van der Waals surface area contributed by atoms with E-state index in [0.29, 0.717) is 17.9 Å². The van der Waals surface area contributed by atoms with Crippen molar-refractivity contribution in [3.05, 3.63) is 53.6 Å². The molecule has 98 valence electrons. The summed E-state index contributed by atoms with van der Waals surface area (Å²) in [5.74, 6) is -0.590. The molecule has 1 heterocycles. The second-order valence-corrected chi connectivity index (χ2v) is 3.89. The minimum Gasteiger partial charge on any atom is -0.491 e. The van der Waals surface area contributed by atoms with Crippen molar-refractivity contribution in [2.75, 3.05) is 6.61 Å². The Kier molecular flexibility index (Phi) is 4.18. The third-order valence-corrected chi connectivity index (χ3v) is 2.52. The molecule has 2 aromatic rings. The Hall–Kier alpha value is -2.30. The fourth-order valence-corrected chi connectivity index (χ4v) is 1.64. The maximum absolute atomic E-state index is 13.6. The van der Waals surface area contributed by atoms with Gasteiger partial charge >= 0.3 is 0 Å². The Morgan fingerprint density at radius 3 is 2.84 bits per heavy atom. The average molecular weight is 260 g/mol.